The number of amides is 1. The number of hydrogen-bond donors (Lipinski definition) is 2. The van der Waals surface area contributed by atoms with Gasteiger partial charge >= 0.3 is 0 Å². The standard InChI is InChI=1S/C16H16BrN3O/c1-10-14(6-7-15(17)19-10)20-16(21)13-9-18-8-11-4-2-3-5-12(11)13/h2-7,13,18H,8-9H2,1H3,(H,20,21). The second-order valence-electron chi connectivity index (χ2n) is 5.14. The van der Waals surface area contributed by atoms with Gasteiger partial charge in [-0.05, 0) is 46.1 Å². The van der Waals surface area contributed by atoms with Crippen LogP contribution < -0.4 is 10.6 Å². The Balaban J connectivity index is 1.83. The summed E-state index contributed by atoms with van der Waals surface area (Å²) in [4.78, 5) is 16.9. The zero-order chi connectivity index (χ0) is 14.8. The highest BCUT2D eigenvalue weighted by atomic mass is 79.9. The minimum Gasteiger partial charge on any atom is -0.324 e. The zero-order valence-electron chi connectivity index (χ0n) is 11.7. The van der Waals surface area contributed by atoms with Crippen LogP contribution in [0.3, 0.4) is 0 Å². The van der Waals surface area contributed by atoms with E-state index >= 15 is 0 Å². The average molecular weight is 346 g/mol. The molecule has 1 amide bonds. The summed E-state index contributed by atoms with van der Waals surface area (Å²) in [6, 6.07) is 11.8. The molecule has 108 valence electrons. The Morgan fingerprint density at radius 1 is 1.33 bits per heavy atom. The van der Waals surface area contributed by atoms with E-state index in [0.717, 1.165) is 28.1 Å². The summed E-state index contributed by atoms with van der Waals surface area (Å²) in [5.74, 6) is -0.167. The number of aryl methyl sites for hydroxylation is 1. The Morgan fingerprint density at radius 3 is 2.95 bits per heavy atom. The van der Waals surface area contributed by atoms with Crippen LogP contribution in [0.15, 0.2) is 41.0 Å². The molecule has 1 aliphatic rings. The van der Waals surface area contributed by atoms with Gasteiger partial charge in [-0.1, -0.05) is 24.3 Å². The van der Waals surface area contributed by atoms with E-state index in [-0.39, 0.29) is 11.8 Å². The summed E-state index contributed by atoms with van der Waals surface area (Å²) >= 11 is 3.33. The van der Waals surface area contributed by atoms with E-state index in [9.17, 15) is 4.79 Å². The molecule has 4 nitrogen and oxygen atoms in total. The van der Waals surface area contributed by atoms with Crippen molar-refractivity contribution in [2.75, 3.05) is 11.9 Å². The van der Waals surface area contributed by atoms with Crippen molar-refractivity contribution in [1.29, 1.82) is 0 Å². The first-order valence-electron chi connectivity index (χ1n) is 6.87. The fourth-order valence-corrected chi connectivity index (χ4v) is 3.01. The molecule has 1 unspecified atom stereocenters. The number of nitrogens with one attached hydrogen (secondary N) is 2. The van der Waals surface area contributed by atoms with Gasteiger partial charge in [0, 0.05) is 13.1 Å². The van der Waals surface area contributed by atoms with Gasteiger partial charge < -0.3 is 10.6 Å². The number of hydrogen-bond acceptors (Lipinski definition) is 3. The molecule has 0 bridgehead atoms. The molecule has 0 aliphatic carbocycles. The molecular formula is C16H16BrN3O. The van der Waals surface area contributed by atoms with Gasteiger partial charge in [-0.3, -0.25) is 4.79 Å². The number of fused-ring (bicyclic) bond motifs is 1. The molecule has 0 fully saturated rings. The second-order valence-corrected chi connectivity index (χ2v) is 5.95. The molecule has 1 atom stereocenters. The molecule has 2 aromatic rings. The third-order valence-electron chi connectivity index (χ3n) is 3.72. The number of aromatic nitrogens is 1. The van der Waals surface area contributed by atoms with E-state index in [1.165, 1.54) is 5.56 Å². The van der Waals surface area contributed by atoms with Crippen molar-refractivity contribution in [2.45, 2.75) is 19.4 Å². The molecule has 2 N–H and O–H groups in total. The minimum absolute atomic E-state index is 0.00173. The number of halogens is 1. The van der Waals surface area contributed by atoms with Crippen LogP contribution in [-0.2, 0) is 11.3 Å². The first-order valence-corrected chi connectivity index (χ1v) is 7.67. The third-order valence-corrected chi connectivity index (χ3v) is 4.16. The predicted molar refractivity (Wildman–Crippen MR) is 86.2 cm³/mol. The quantitative estimate of drug-likeness (QED) is 0.822. The lowest BCUT2D eigenvalue weighted by atomic mass is 9.90. The van der Waals surface area contributed by atoms with Crippen LogP contribution in [0.1, 0.15) is 22.7 Å². The topological polar surface area (TPSA) is 54.0 Å². The predicted octanol–water partition coefficient (Wildman–Crippen LogP) is 2.98. The van der Waals surface area contributed by atoms with Crippen molar-refractivity contribution in [2.24, 2.45) is 0 Å². The Kier molecular flexibility index (Phi) is 4.03. The Hall–Kier alpha value is -1.72. The normalized spacial score (nSPS) is 17.1. The van der Waals surface area contributed by atoms with Gasteiger partial charge in [-0.15, -0.1) is 0 Å². The van der Waals surface area contributed by atoms with Crippen LogP contribution in [0, 0.1) is 6.92 Å². The van der Waals surface area contributed by atoms with Crippen molar-refractivity contribution in [1.82, 2.24) is 10.3 Å². The maximum Gasteiger partial charge on any atom is 0.233 e. The maximum absolute atomic E-state index is 12.6. The number of pyridine rings is 1. The smallest absolute Gasteiger partial charge is 0.233 e. The van der Waals surface area contributed by atoms with Crippen molar-refractivity contribution < 1.29 is 4.79 Å². The summed E-state index contributed by atoms with van der Waals surface area (Å²) in [6.45, 7) is 3.36. The second kappa shape index (κ2) is 5.95. The molecule has 0 radical (unpaired) electrons. The first-order chi connectivity index (χ1) is 10.1. The fourth-order valence-electron chi connectivity index (χ4n) is 2.61. The summed E-state index contributed by atoms with van der Waals surface area (Å²) in [7, 11) is 0. The number of rotatable bonds is 2. The van der Waals surface area contributed by atoms with E-state index in [1.807, 2.05) is 37.3 Å². The number of nitrogens with zero attached hydrogens (tertiary/aromatic N) is 1. The van der Waals surface area contributed by atoms with Crippen molar-refractivity contribution in [3.05, 3.63) is 57.8 Å². The molecule has 1 aromatic heterocycles. The van der Waals surface area contributed by atoms with Crippen LogP contribution in [-0.4, -0.2) is 17.4 Å². The summed E-state index contributed by atoms with van der Waals surface area (Å²) < 4.78 is 0.766. The fraction of sp³-hybridized carbons (Fsp3) is 0.250. The van der Waals surface area contributed by atoms with E-state index in [2.05, 4.69) is 37.6 Å². The number of carbonyl (C=O) groups excluding carboxylic acids is 1. The van der Waals surface area contributed by atoms with Gasteiger partial charge in [0.15, 0.2) is 0 Å². The molecule has 0 spiro atoms. The van der Waals surface area contributed by atoms with Gasteiger partial charge in [-0.2, -0.15) is 0 Å². The largest absolute Gasteiger partial charge is 0.324 e. The van der Waals surface area contributed by atoms with Gasteiger partial charge in [0.1, 0.15) is 4.60 Å². The Morgan fingerprint density at radius 2 is 2.14 bits per heavy atom. The minimum atomic E-state index is -0.169. The van der Waals surface area contributed by atoms with E-state index in [4.69, 9.17) is 0 Å². The van der Waals surface area contributed by atoms with Crippen LogP contribution in [0.4, 0.5) is 5.69 Å². The average Bonchev–Trinajstić information content (AvgIpc) is 2.49. The molecule has 21 heavy (non-hydrogen) atoms. The lowest BCUT2D eigenvalue weighted by Gasteiger charge is -2.25. The van der Waals surface area contributed by atoms with Gasteiger partial charge in [0.2, 0.25) is 5.91 Å². The van der Waals surface area contributed by atoms with E-state index < -0.39 is 0 Å². The van der Waals surface area contributed by atoms with E-state index in [0.29, 0.717) is 6.54 Å². The third kappa shape index (κ3) is 2.99. The van der Waals surface area contributed by atoms with Crippen LogP contribution in [0.25, 0.3) is 0 Å². The lowest BCUT2D eigenvalue weighted by Crippen LogP contribution is -2.35. The van der Waals surface area contributed by atoms with Crippen LogP contribution in [0.2, 0.25) is 0 Å². The van der Waals surface area contributed by atoms with Crippen LogP contribution in [0.5, 0.6) is 0 Å². The molecule has 5 heteroatoms. The Labute approximate surface area is 132 Å². The Bertz CT molecular complexity index is 687. The highest BCUT2D eigenvalue weighted by molar-refractivity contribution is 9.10. The molecule has 3 rings (SSSR count). The molecule has 1 aromatic carbocycles. The van der Waals surface area contributed by atoms with Crippen molar-refractivity contribution >= 4 is 27.5 Å². The van der Waals surface area contributed by atoms with Crippen molar-refractivity contribution in [3.8, 4) is 0 Å². The van der Waals surface area contributed by atoms with Crippen molar-refractivity contribution in [3.63, 3.8) is 0 Å². The van der Waals surface area contributed by atoms with Gasteiger partial charge in [0.25, 0.3) is 0 Å². The highest BCUT2D eigenvalue weighted by Gasteiger charge is 2.26. The summed E-state index contributed by atoms with van der Waals surface area (Å²) in [5, 5.41) is 6.28. The zero-order valence-corrected chi connectivity index (χ0v) is 13.3. The number of anilines is 1. The number of carbonyl (C=O) groups is 1. The SMILES string of the molecule is Cc1nc(Br)ccc1NC(=O)C1CNCc2ccccc21. The maximum atomic E-state index is 12.6. The summed E-state index contributed by atoms with van der Waals surface area (Å²) in [5.41, 5.74) is 3.85. The monoisotopic (exact) mass is 345 g/mol. The first kappa shape index (κ1) is 14.2. The van der Waals surface area contributed by atoms with Crippen LogP contribution >= 0.6 is 15.9 Å². The summed E-state index contributed by atoms with van der Waals surface area (Å²) in [6.07, 6.45) is 0. The molecular weight excluding hydrogens is 330 g/mol. The highest BCUT2D eigenvalue weighted by Crippen LogP contribution is 2.26. The number of benzene rings is 1. The molecule has 2 heterocycles. The molecule has 0 saturated heterocycles. The lowest BCUT2D eigenvalue weighted by molar-refractivity contribution is -0.117. The molecule has 0 saturated carbocycles. The van der Waals surface area contributed by atoms with Gasteiger partial charge in [-0.25, -0.2) is 4.98 Å². The van der Waals surface area contributed by atoms with E-state index in [1.54, 1.807) is 0 Å². The molecule has 1 aliphatic heterocycles. The van der Waals surface area contributed by atoms with Gasteiger partial charge in [0.05, 0.1) is 17.3 Å².